The number of nitrogens with one attached hydrogen (secondary N) is 1. The molecular formula is C16H27ClN2O3. The third kappa shape index (κ3) is 5.73. The first-order valence-corrected chi connectivity index (χ1v) is 7.22. The first-order chi connectivity index (χ1) is 9.94. The van der Waals surface area contributed by atoms with Crippen molar-refractivity contribution in [1.82, 2.24) is 5.32 Å². The molecule has 6 heteroatoms. The van der Waals surface area contributed by atoms with E-state index in [-0.39, 0.29) is 18.3 Å². The van der Waals surface area contributed by atoms with Gasteiger partial charge in [-0.25, -0.2) is 0 Å². The number of carbonyl (C=O) groups excluding carboxylic acids is 1. The van der Waals surface area contributed by atoms with Gasteiger partial charge in [0.25, 0.3) is 0 Å². The van der Waals surface area contributed by atoms with Crippen LogP contribution in [0.1, 0.15) is 32.3 Å². The molecule has 1 aromatic rings. The first kappa shape index (κ1) is 20.5. The van der Waals surface area contributed by atoms with E-state index < -0.39 is 5.54 Å². The maximum absolute atomic E-state index is 12.0. The molecule has 0 aliphatic carbocycles. The van der Waals surface area contributed by atoms with Gasteiger partial charge in [0.1, 0.15) is 11.5 Å². The molecule has 3 N–H and O–H groups in total. The maximum atomic E-state index is 12.0. The second-order valence-corrected chi connectivity index (χ2v) is 5.35. The molecule has 0 aliphatic heterocycles. The van der Waals surface area contributed by atoms with Gasteiger partial charge in [-0.2, -0.15) is 0 Å². The Kier molecular flexibility index (Phi) is 8.90. The lowest BCUT2D eigenvalue weighted by Gasteiger charge is -2.23. The van der Waals surface area contributed by atoms with Crippen LogP contribution < -0.4 is 20.5 Å². The molecule has 0 aliphatic rings. The molecule has 0 fully saturated rings. The summed E-state index contributed by atoms with van der Waals surface area (Å²) in [5, 5.41) is 2.88. The normalized spacial score (nSPS) is 12.8. The van der Waals surface area contributed by atoms with Gasteiger partial charge in [-0.15, -0.1) is 12.4 Å². The predicted octanol–water partition coefficient (Wildman–Crippen LogP) is 2.30. The van der Waals surface area contributed by atoms with Crippen LogP contribution in [-0.2, 0) is 11.2 Å². The van der Waals surface area contributed by atoms with Crippen LogP contribution in [0.4, 0.5) is 0 Å². The summed E-state index contributed by atoms with van der Waals surface area (Å²) in [5.74, 6) is 1.44. The molecular weight excluding hydrogens is 304 g/mol. The van der Waals surface area contributed by atoms with Crippen molar-refractivity contribution in [2.45, 2.75) is 38.6 Å². The molecule has 126 valence electrons. The maximum Gasteiger partial charge on any atom is 0.239 e. The third-order valence-corrected chi connectivity index (χ3v) is 3.46. The van der Waals surface area contributed by atoms with Crippen LogP contribution in [0, 0.1) is 0 Å². The Labute approximate surface area is 139 Å². The highest BCUT2D eigenvalue weighted by atomic mass is 35.5. The highest BCUT2D eigenvalue weighted by molar-refractivity contribution is 5.85. The minimum atomic E-state index is -0.812. The van der Waals surface area contributed by atoms with E-state index >= 15 is 0 Å². The van der Waals surface area contributed by atoms with Gasteiger partial charge in [-0.05, 0) is 43.5 Å². The number of benzene rings is 1. The summed E-state index contributed by atoms with van der Waals surface area (Å²) in [6.07, 6.45) is 2.21. The summed E-state index contributed by atoms with van der Waals surface area (Å²) < 4.78 is 10.5. The summed E-state index contributed by atoms with van der Waals surface area (Å²) in [6.45, 7) is 4.29. The minimum absolute atomic E-state index is 0. The van der Waals surface area contributed by atoms with Gasteiger partial charge < -0.3 is 20.5 Å². The van der Waals surface area contributed by atoms with Crippen LogP contribution in [0.3, 0.4) is 0 Å². The molecule has 1 aromatic carbocycles. The van der Waals surface area contributed by atoms with E-state index in [0.29, 0.717) is 19.4 Å². The average molecular weight is 331 g/mol. The van der Waals surface area contributed by atoms with Crippen LogP contribution in [0.5, 0.6) is 11.5 Å². The van der Waals surface area contributed by atoms with E-state index in [1.54, 1.807) is 21.1 Å². The van der Waals surface area contributed by atoms with E-state index in [0.717, 1.165) is 23.5 Å². The van der Waals surface area contributed by atoms with E-state index in [9.17, 15) is 4.79 Å². The topological polar surface area (TPSA) is 73.6 Å². The van der Waals surface area contributed by atoms with Gasteiger partial charge in [0.2, 0.25) is 5.91 Å². The Balaban J connectivity index is 0.00000441. The molecule has 0 saturated heterocycles. The number of halogens is 1. The second kappa shape index (κ2) is 9.54. The molecule has 1 amide bonds. The standard InChI is InChI=1S/C16H26N2O3.ClH/c1-5-9-16(2,17)15(19)18-10-8-12-11-13(20-3)6-7-14(12)21-4;/h6-7,11H,5,8-10,17H2,1-4H3,(H,18,19);1H. The number of hydrogen-bond acceptors (Lipinski definition) is 4. The van der Waals surface area contributed by atoms with Gasteiger partial charge in [0.05, 0.1) is 19.8 Å². The van der Waals surface area contributed by atoms with Crippen molar-refractivity contribution in [1.29, 1.82) is 0 Å². The van der Waals surface area contributed by atoms with Crippen molar-refractivity contribution < 1.29 is 14.3 Å². The largest absolute Gasteiger partial charge is 0.497 e. The van der Waals surface area contributed by atoms with Crippen LogP contribution in [-0.4, -0.2) is 32.2 Å². The fourth-order valence-corrected chi connectivity index (χ4v) is 2.22. The Hall–Kier alpha value is -1.46. The van der Waals surface area contributed by atoms with E-state index in [2.05, 4.69) is 5.32 Å². The number of amides is 1. The summed E-state index contributed by atoms with van der Waals surface area (Å²) >= 11 is 0. The smallest absolute Gasteiger partial charge is 0.239 e. The first-order valence-electron chi connectivity index (χ1n) is 7.22. The molecule has 1 atom stereocenters. The zero-order chi connectivity index (χ0) is 15.9. The van der Waals surface area contributed by atoms with Gasteiger partial charge in [0, 0.05) is 6.54 Å². The van der Waals surface area contributed by atoms with Gasteiger partial charge in [-0.3, -0.25) is 4.79 Å². The second-order valence-electron chi connectivity index (χ2n) is 5.35. The number of methoxy groups -OCH3 is 2. The Bertz CT molecular complexity index is 478. The van der Waals surface area contributed by atoms with Gasteiger partial charge in [-0.1, -0.05) is 13.3 Å². The van der Waals surface area contributed by atoms with Gasteiger partial charge >= 0.3 is 0 Å². The highest BCUT2D eigenvalue weighted by Crippen LogP contribution is 2.24. The van der Waals surface area contributed by atoms with E-state index in [1.807, 2.05) is 25.1 Å². The lowest BCUT2D eigenvalue weighted by atomic mass is 9.96. The fraction of sp³-hybridized carbons (Fsp3) is 0.562. The summed E-state index contributed by atoms with van der Waals surface area (Å²) in [5.41, 5.74) is 6.17. The quantitative estimate of drug-likeness (QED) is 0.767. The van der Waals surface area contributed by atoms with Crippen molar-refractivity contribution in [2.75, 3.05) is 20.8 Å². The fourth-order valence-electron chi connectivity index (χ4n) is 2.22. The Morgan fingerprint density at radius 1 is 1.32 bits per heavy atom. The van der Waals surface area contributed by atoms with Crippen LogP contribution in [0.25, 0.3) is 0 Å². The summed E-state index contributed by atoms with van der Waals surface area (Å²) in [4.78, 5) is 12.0. The van der Waals surface area contributed by atoms with Crippen LogP contribution >= 0.6 is 12.4 Å². The van der Waals surface area contributed by atoms with Crippen molar-refractivity contribution >= 4 is 18.3 Å². The molecule has 1 rings (SSSR count). The van der Waals surface area contributed by atoms with Crippen LogP contribution in [0.2, 0.25) is 0 Å². The lowest BCUT2D eigenvalue weighted by molar-refractivity contribution is -0.126. The number of carbonyl (C=O) groups is 1. The Morgan fingerprint density at radius 2 is 2.00 bits per heavy atom. The molecule has 0 bridgehead atoms. The molecule has 0 heterocycles. The molecule has 5 nitrogen and oxygen atoms in total. The molecule has 0 radical (unpaired) electrons. The SMILES string of the molecule is CCCC(C)(N)C(=O)NCCc1cc(OC)ccc1OC.Cl. The van der Waals surface area contributed by atoms with Crippen LogP contribution in [0.15, 0.2) is 18.2 Å². The molecule has 0 saturated carbocycles. The molecule has 0 aromatic heterocycles. The predicted molar refractivity (Wildman–Crippen MR) is 91.0 cm³/mol. The molecule has 1 unspecified atom stereocenters. The molecule has 22 heavy (non-hydrogen) atoms. The van der Waals surface area contributed by atoms with Crippen molar-refractivity contribution in [2.24, 2.45) is 5.73 Å². The van der Waals surface area contributed by atoms with E-state index in [1.165, 1.54) is 0 Å². The Morgan fingerprint density at radius 3 is 2.55 bits per heavy atom. The highest BCUT2D eigenvalue weighted by Gasteiger charge is 2.26. The van der Waals surface area contributed by atoms with Gasteiger partial charge in [0.15, 0.2) is 0 Å². The lowest BCUT2D eigenvalue weighted by Crippen LogP contribution is -2.51. The summed E-state index contributed by atoms with van der Waals surface area (Å²) in [7, 11) is 3.25. The zero-order valence-corrected chi connectivity index (χ0v) is 14.6. The number of ether oxygens (including phenoxy) is 2. The van der Waals surface area contributed by atoms with Crippen molar-refractivity contribution in [3.63, 3.8) is 0 Å². The van der Waals surface area contributed by atoms with E-state index in [4.69, 9.17) is 15.2 Å². The monoisotopic (exact) mass is 330 g/mol. The van der Waals surface area contributed by atoms with Crippen molar-refractivity contribution in [3.05, 3.63) is 23.8 Å². The number of rotatable bonds is 8. The van der Waals surface area contributed by atoms with Crippen molar-refractivity contribution in [3.8, 4) is 11.5 Å². The number of nitrogens with two attached hydrogens (primary N) is 1. The zero-order valence-electron chi connectivity index (χ0n) is 13.8. The average Bonchev–Trinajstić information content (AvgIpc) is 2.46. The molecule has 0 spiro atoms. The third-order valence-electron chi connectivity index (χ3n) is 3.46. The summed E-state index contributed by atoms with van der Waals surface area (Å²) in [6, 6.07) is 5.62. The number of hydrogen-bond donors (Lipinski definition) is 2. The minimum Gasteiger partial charge on any atom is -0.497 e.